The number of benzene rings is 2. The summed E-state index contributed by atoms with van der Waals surface area (Å²) in [5.41, 5.74) is 2.94. The Labute approximate surface area is 165 Å². The highest BCUT2D eigenvalue weighted by molar-refractivity contribution is 6.09. The van der Waals surface area contributed by atoms with Gasteiger partial charge >= 0.3 is 6.03 Å². The van der Waals surface area contributed by atoms with E-state index in [-0.39, 0.29) is 5.69 Å². The molecule has 1 unspecified atom stereocenters. The molecular formula is C21H19FN4O3. The lowest BCUT2D eigenvalue weighted by Gasteiger charge is -2.21. The van der Waals surface area contributed by atoms with Gasteiger partial charge in [0.15, 0.2) is 0 Å². The average molecular weight is 394 g/mol. The van der Waals surface area contributed by atoms with Crippen molar-refractivity contribution in [3.63, 3.8) is 0 Å². The van der Waals surface area contributed by atoms with Crippen molar-refractivity contribution in [3.05, 3.63) is 71.7 Å². The molecule has 2 aromatic carbocycles. The molecule has 29 heavy (non-hydrogen) atoms. The SMILES string of the molecule is CC1(CCc2ccccc2)NC(=O)N(NC(=O)c2cc3cc(F)ccc3[nH]2)C1=O. The molecule has 1 aliphatic heterocycles. The molecule has 0 aliphatic carbocycles. The minimum atomic E-state index is -1.12. The Bertz CT molecular complexity index is 1110. The molecule has 0 bridgehead atoms. The van der Waals surface area contributed by atoms with Crippen LogP contribution in [0.25, 0.3) is 10.9 Å². The van der Waals surface area contributed by atoms with E-state index in [2.05, 4.69) is 15.7 Å². The van der Waals surface area contributed by atoms with Crippen LogP contribution in [-0.2, 0) is 11.2 Å². The minimum absolute atomic E-state index is 0.115. The Hall–Kier alpha value is -3.68. The molecule has 4 rings (SSSR count). The lowest BCUT2D eigenvalue weighted by atomic mass is 9.93. The quantitative estimate of drug-likeness (QED) is 0.581. The number of H-pyrrole nitrogens is 1. The molecule has 1 aliphatic rings. The van der Waals surface area contributed by atoms with Gasteiger partial charge in [-0.25, -0.2) is 9.18 Å². The smallest absolute Gasteiger partial charge is 0.344 e. The highest BCUT2D eigenvalue weighted by atomic mass is 19.1. The number of amides is 4. The third-order valence-corrected chi connectivity index (χ3v) is 5.06. The topological polar surface area (TPSA) is 94.3 Å². The molecule has 4 amide bonds. The number of aromatic nitrogens is 1. The van der Waals surface area contributed by atoms with Gasteiger partial charge in [0.05, 0.1) is 0 Å². The van der Waals surface area contributed by atoms with Crippen molar-refractivity contribution >= 4 is 28.7 Å². The summed E-state index contributed by atoms with van der Waals surface area (Å²) in [5, 5.41) is 3.86. The molecule has 0 saturated carbocycles. The number of carbonyl (C=O) groups excluding carboxylic acids is 3. The van der Waals surface area contributed by atoms with Gasteiger partial charge in [-0.05, 0) is 49.6 Å². The molecule has 7 nitrogen and oxygen atoms in total. The first-order chi connectivity index (χ1) is 13.9. The predicted molar refractivity (Wildman–Crippen MR) is 104 cm³/mol. The Balaban J connectivity index is 1.47. The molecule has 2 heterocycles. The number of imide groups is 1. The van der Waals surface area contributed by atoms with Crippen molar-refractivity contribution in [1.29, 1.82) is 0 Å². The third-order valence-electron chi connectivity index (χ3n) is 5.06. The van der Waals surface area contributed by atoms with Gasteiger partial charge in [-0.3, -0.25) is 15.0 Å². The fraction of sp³-hybridized carbons (Fsp3) is 0.190. The maximum atomic E-state index is 13.3. The molecule has 3 aromatic rings. The number of nitrogens with zero attached hydrogens (tertiary/aromatic N) is 1. The number of carbonyl (C=O) groups is 3. The average Bonchev–Trinajstić information content (AvgIpc) is 3.21. The van der Waals surface area contributed by atoms with Crippen LogP contribution < -0.4 is 10.7 Å². The number of halogens is 1. The van der Waals surface area contributed by atoms with Gasteiger partial charge in [0.1, 0.15) is 17.1 Å². The van der Waals surface area contributed by atoms with Gasteiger partial charge in [-0.2, -0.15) is 5.01 Å². The number of fused-ring (bicyclic) bond motifs is 1. The second-order valence-corrected chi connectivity index (χ2v) is 7.24. The first-order valence-corrected chi connectivity index (χ1v) is 9.16. The van der Waals surface area contributed by atoms with E-state index in [1.54, 1.807) is 6.92 Å². The predicted octanol–water partition coefficient (Wildman–Crippen LogP) is 2.90. The monoisotopic (exact) mass is 394 g/mol. The van der Waals surface area contributed by atoms with E-state index in [0.717, 1.165) is 5.56 Å². The molecule has 0 spiro atoms. The summed E-state index contributed by atoms with van der Waals surface area (Å²) in [6.07, 6.45) is 0.984. The van der Waals surface area contributed by atoms with Crippen LogP contribution in [0.4, 0.5) is 9.18 Å². The number of urea groups is 1. The Morgan fingerprint density at radius 3 is 2.66 bits per heavy atom. The van der Waals surface area contributed by atoms with E-state index in [9.17, 15) is 18.8 Å². The van der Waals surface area contributed by atoms with Crippen LogP contribution >= 0.6 is 0 Å². The summed E-state index contributed by atoms with van der Waals surface area (Å²) >= 11 is 0. The third kappa shape index (κ3) is 3.56. The zero-order valence-corrected chi connectivity index (χ0v) is 15.7. The Kier molecular flexibility index (Phi) is 4.54. The van der Waals surface area contributed by atoms with Crippen LogP contribution in [0, 0.1) is 5.82 Å². The first-order valence-electron chi connectivity index (χ1n) is 9.16. The van der Waals surface area contributed by atoms with Crippen molar-refractivity contribution < 1.29 is 18.8 Å². The van der Waals surface area contributed by atoms with Gasteiger partial charge in [0.2, 0.25) is 0 Å². The van der Waals surface area contributed by atoms with E-state index in [1.165, 1.54) is 24.3 Å². The normalized spacial score (nSPS) is 18.9. The molecule has 0 radical (unpaired) electrons. The van der Waals surface area contributed by atoms with E-state index >= 15 is 0 Å². The summed E-state index contributed by atoms with van der Waals surface area (Å²) in [7, 11) is 0. The van der Waals surface area contributed by atoms with Crippen LogP contribution in [0.1, 0.15) is 29.4 Å². The number of aromatic amines is 1. The van der Waals surface area contributed by atoms with Crippen molar-refractivity contribution in [2.45, 2.75) is 25.3 Å². The van der Waals surface area contributed by atoms with Crippen LogP contribution in [0.5, 0.6) is 0 Å². The summed E-state index contributed by atoms with van der Waals surface area (Å²) in [6, 6.07) is 14.5. The molecule has 1 aromatic heterocycles. The first kappa shape index (κ1) is 18.7. The van der Waals surface area contributed by atoms with Gasteiger partial charge in [0.25, 0.3) is 11.8 Å². The highest BCUT2D eigenvalue weighted by Gasteiger charge is 2.48. The molecule has 1 saturated heterocycles. The van der Waals surface area contributed by atoms with Gasteiger partial charge in [-0.1, -0.05) is 30.3 Å². The minimum Gasteiger partial charge on any atom is -0.350 e. The lowest BCUT2D eigenvalue weighted by Crippen LogP contribution is -2.49. The van der Waals surface area contributed by atoms with Crippen LogP contribution in [0.15, 0.2) is 54.6 Å². The van der Waals surface area contributed by atoms with Crippen LogP contribution in [-0.4, -0.2) is 33.4 Å². The Morgan fingerprint density at radius 1 is 1.14 bits per heavy atom. The molecule has 1 fully saturated rings. The second-order valence-electron chi connectivity index (χ2n) is 7.24. The maximum Gasteiger partial charge on any atom is 0.344 e. The van der Waals surface area contributed by atoms with Crippen molar-refractivity contribution in [3.8, 4) is 0 Å². The second kappa shape index (κ2) is 7.05. The summed E-state index contributed by atoms with van der Waals surface area (Å²) in [6.45, 7) is 1.63. The molecule has 8 heteroatoms. The van der Waals surface area contributed by atoms with Gasteiger partial charge in [-0.15, -0.1) is 0 Å². The molecular weight excluding hydrogens is 375 g/mol. The van der Waals surface area contributed by atoms with E-state index in [0.29, 0.717) is 28.8 Å². The molecule has 148 valence electrons. The number of aryl methyl sites for hydroxylation is 1. The van der Waals surface area contributed by atoms with E-state index < -0.39 is 29.2 Å². The van der Waals surface area contributed by atoms with Crippen LogP contribution in [0.3, 0.4) is 0 Å². The number of hydrazine groups is 1. The zero-order valence-electron chi connectivity index (χ0n) is 15.7. The van der Waals surface area contributed by atoms with E-state index in [4.69, 9.17) is 0 Å². The summed E-state index contributed by atoms with van der Waals surface area (Å²) < 4.78 is 13.3. The lowest BCUT2D eigenvalue weighted by molar-refractivity contribution is -0.132. The number of rotatable bonds is 5. The largest absolute Gasteiger partial charge is 0.350 e. The molecule has 3 N–H and O–H groups in total. The number of nitrogens with one attached hydrogen (secondary N) is 3. The van der Waals surface area contributed by atoms with Crippen LogP contribution in [0.2, 0.25) is 0 Å². The number of hydrogen-bond donors (Lipinski definition) is 3. The Morgan fingerprint density at radius 2 is 1.90 bits per heavy atom. The van der Waals surface area contributed by atoms with E-state index in [1.807, 2.05) is 30.3 Å². The standard InChI is InChI=1S/C21H19FN4O3/c1-21(10-9-13-5-3-2-4-6-13)19(28)26(20(29)24-21)25-18(27)17-12-14-11-15(22)7-8-16(14)23-17/h2-8,11-12,23H,9-10H2,1H3,(H,24,29)(H,25,27). The summed E-state index contributed by atoms with van der Waals surface area (Å²) in [5.74, 6) is -1.63. The van der Waals surface area contributed by atoms with Gasteiger partial charge < -0.3 is 10.3 Å². The fourth-order valence-electron chi connectivity index (χ4n) is 3.38. The summed E-state index contributed by atoms with van der Waals surface area (Å²) in [4.78, 5) is 40.5. The fourth-order valence-corrected chi connectivity index (χ4v) is 3.38. The van der Waals surface area contributed by atoms with Gasteiger partial charge in [0, 0.05) is 10.9 Å². The zero-order chi connectivity index (χ0) is 20.6. The highest BCUT2D eigenvalue weighted by Crippen LogP contribution is 2.23. The van der Waals surface area contributed by atoms with Crippen molar-refractivity contribution in [2.24, 2.45) is 0 Å². The maximum absolute atomic E-state index is 13.3. The number of hydrogen-bond acceptors (Lipinski definition) is 3. The van der Waals surface area contributed by atoms with Crippen molar-refractivity contribution in [2.75, 3.05) is 0 Å². The molecule has 1 atom stereocenters. The van der Waals surface area contributed by atoms with Crippen molar-refractivity contribution in [1.82, 2.24) is 20.7 Å².